The molecule has 0 spiro atoms. The van der Waals surface area contributed by atoms with E-state index < -0.39 is 0 Å². The Hall–Kier alpha value is -3.06. The summed E-state index contributed by atoms with van der Waals surface area (Å²) >= 11 is 6.04. The van der Waals surface area contributed by atoms with Gasteiger partial charge in [0.2, 0.25) is 5.91 Å². The smallest absolute Gasteiger partial charge is 0.227 e. The van der Waals surface area contributed by atoms with Crippen molar-refractivity contribution < 1.29 is 13.9 Å². The molecule has 3 aromatic rings. The molecule has 1 saturated heterocycles. The van der Waals surface area contributed by atoms with Crippen LogP contribution in [0.2, 0.25) is 5.02 Å². The summed E-state index contributed by atoms with van der Waals surface area (Å²) in [7, 11) is 1.57. The van der Waals surface area contributed by atoms with E-state index in [0.29, 0.717) is 27.9 Å². The Labute approximate surface area is 173 Å². The van der Waals surface area contributed by atoms with Crippen LogP contribution in [0.15, 0.2) is 53.1 Å². The second-order valence-corrected chi connectivity index (χ2v) is 7.29. The molecule has 1 N–H and O–H groups in total. The summed E-state index contributed by atoms with van der Waals surface area (Å²) in [5, 5.41) is 12.0. The molecule has 3 heterocycles. The van der Waals surface area contributed by atoms with Crippen LogP contribution >= 0.6 is 11.6 Å². The number of rotatable bonds is 5. The molecule has 1 aliphatic heterocycles. The van der Waals surface area contributed by atoms with Crippen molar-refractivity contribution in [3.05, 3.63) is 53.8 Å². The number of nitrogens with one attached hydrogen (secondary N) is 1. The van der Waals surface area contributed by atoms with Crippen LogP contribution in [0.1, 0.15) is 12.8 Å². The van der Waals surface area contributed by atoms with Gasteiger partial charge in [0.05, 0.1) is 19.1 Å². The average molecular weight is 413 g/mol. The fourth-order valence-corrected chi connectivity index (χ4v) is 3.61. The third-order valence-corrected chi connectivity index (χ3v) is 5.27. The van der Waals surface area contributed by atoms with E-state index in [9.17, 15) is 4.79 Å². The van der Waals surface area contributed by atoms with Crippen LogP contribution < -0.4 is 15.0 Å². The minimum atomic E-state index is -0.0784. The summed E-state index contributed by atoms with van der Waals surface area (Å²) in [5.74, 6) is 1.98. The highest BCUT2D eigenvalue weighted by atomic mass is 35.5. The molecule has 1 amide bonds. The van der Waals surface area contributed by atoms with Crippen LogP contribution in [0.3, 0.4) is 0 Å². The number of hydrogen-bond acceptors (Lipinski definition) is 6. The fourth-order valence-electron chi connectivity index (χ4n) is 3.43. The van der Waals surface area contributed by atoms with Crippen LogP contribution in [-0.2, 0) is 4.79 Å². The molecular formula is C21H21ClN4O3. The minimum Gasteiger partial charge on any atom is -0.495 e. The van der Waals surface area contributed by atoms with E-state index in [-0.39, 0.29) is 11.8 Å². The van der Waals surface area contributed by atoms with Gasteiger partial charge in [0.1, 0.15) is 11.4 Å². The maximum atomic E-state index is 12.7. The second kappa shape index (κ2) is 8.53. The number of benzene rings is 1. The molecule has 0 bridgehead atoms. The first kappa shape index (κ1) is 19.3. The molecule has 7 nitrogen and oxygen atoms in total. The topological polar surface area (TPSA) is 80.5 Å². The number of carbonyl (C=O) groups is 1. The van der Waals surface area contributed by atoms with Gasteiger partial charge in [0, 0.05) is 24.0 Å². The summed E-state index contributed by atoms with van der Waals surface area (Å²) in [6.45, 7) is 1.47. The number of carbonyl (C=O) groups excluding carboxylic acids is 1. The first-order valence-corrected chi connectivity index (χ1v) is 9.79. The summed E-state index contributed by atoms with van der Waals surface area (Å²) < 4.78 is 10.6. The molecule has 0 saturated carbocycles. The van der Waals surface area contributed by atoms with Crippen molar-refractivity contribution in [3.63, 3.8) is 0 Å². The number of hydrogen-bond donors (Lipinski definition) is 1. The van der Waals surface area contributed by atoms with Gasteiger partial charge in [0.15, 0.2) is 11.6 Å². The lowest BCUT2D eigenvalue weighted by atomic mass is 9.95. The van der Waals surface area contributed by atoms with Gasteiger partial charge in [-0.25, -0.2) is 0 Å². The fraction of sp³-hybridized carbons (Fsp3) is 0.286. The van der Waals surface area contributed by atoms with Crippen LogP contribution in [0.25, 0.3) is 11.5 Å². The number of nitrogens with zero attached hydrogens (tertiary/aromatic N) is 3. The highest BCUT2D eigenvalue weighted by Gasteiger charge is 2.26. The molecule has 4 rings (SSSR count). The number of furan rings is 1. The van der Waals surface area contributed by atoms with E-state index in [4.69, 9.17) is 20.8 Å². The third-order valence-electron chi connectivity index (χ3n) is 5.03. The molecule has 1 aromatic carbocycles. The van der Waals surface area contributed by atoms with E-state index in [0.717, 1.165) is 31.7 Å². The second-order valence-electron chi connectivity index (χ2n) is 6.85. The van der Waals surface area contributed by atoms with E-state index >= 15 is 0 Å². The monoisotopic (exact) mass is 412 g/mol. The van der Waals surface area contributed by atoms with Crippen molar-refractivity contribution in [2.75, 3.05) is 30.4 Å². The van der Waals surface area contributed by atoms with Crippen molar-refractivity contribution in [2.45, 2.75) is 12.8 Å². The Balaban J connectivity index is 1.35. The number of ether oxygens (including phenoxy) is 1. The van der Waals surface area contributed by atoms with Gasteiger partial charge in [-0.15, -0.1) is 10.2 Å². The zero-order valence-electron chi connectivity index (χ0n) is 16.0. The quantitative estimate of drug-likeness (QED) is 0.674. The number of aromatic nitrogens is 2. The molecule has 1 fully saturated rings. The predicted molar refractivity (Wildman–Crippen MR) is 111 cm³/mol. The largest absolute Gasteiger partial charge is 0.495 e. The predicted octanol–water partition coefficient (Wildman–Crippen LogP) is 4.25. The SMILES string of the molecule is COc1ccc(Cl)cc1NC(=O)C1CCN(c2ccc(-c3ccco3)nn2)CC1. The van der Waals surface area contributed by atoms with Crippen molar-refractivity contribution in [2.24, 2.45) is 5.92 Å². The van der Waals surface area contributed by atoms with Gasteiger partial charge in [-0.3, -0.25) is 4.79 Å². The summed E-state index contributed by atoms with van der Waals surface area (Å²) in [5.41, 5.74) is 1.29. The van der Waals surface area contributed by atoms with Gasteiger partial charge in [-0.2, -0.15) is 0 Å². The molecule has 150 valence electrons. The standard InChI is InChI=1S/C21H21ClN4O3/c1-28-18-6-4-15(22)13-17(18)23-21(27)14-8-10-26(11-9-14)20-7-5-16(24-25-20)19-3-2-12-29-19/h2-7,12-14H,8-11H2,1H3,(H,23,27). The first-order valence-electron chi connectivity index (χ1n) is 9.41. The highest BCUT2D eigenvalue weighted by molar-refractivity contribution is 6.31. The highest BCUT2D eigenvalue weighted by Crippen LogP contribution is 2.30. The molecule has 0 radical (unpaired) electrons. The van der Waals surface area contributed by atoms with Gasteiger partial charge in [0.25, 0.3) is 0 Å². The molecular weight excluding hydrogens is 392 g/mol. The number of amides is 1. The Morgan fingerprint density at radius 1 is 1.21 bits per heavy atom. The Bertz CT molecular complexity index is 968. The van der Waals surface area contributed by atoms with Crippen LogP contribution in [0.5, 0.6) is 5.75 Å². The van der Waals surface area contributed by atoms with Crippen molar-refractivity contribution in [1.29, 1.82) is 0 Å². The third kappa shape index (κ3) is 4.35. The molecule has 8 heteroatoms. The van der Waals surface area contributed by atoms with Gasteiger partial charge in [-0.05, 0) is 55.3 Å². The van der Waals surface area contributed by atoms with Gasteiger partial charge in [-0.1, -0.05) is 11.6 Å². The van der Waals surface area contributed by atoms with Gasteiger partial charge < -0.3 is 19.4 Å². The summed E-state index contributed by atoms with van der Waals surface area (Å²) in [4.78, 5) is 14.8. The van der Waals surface area contributed by atoms with E-state index in [1.807, 2.05) is 24.3 Å². The minimum absolute atomic E-state index is 0.0236. The van der Waals surface area contributed by atoms with Crippen LogP contribution in [-0.4, -0.2) is 36.3 Å². The van der Waals surface area contributed by atoms with E-state index in [2.05, 4.69) is 20.4 Å². The van der Waals surface area contributed by atoms with Crippen molar-refractivity contribution in [3.8, 4) is 17.2 Å². The Kier molecular flexibility index (Phi) is 5.67. The first-order chi connectivity index (χ1) is 14.1. The molecule has 29 heavy (non-hydrogen) atoms. The zero-order valence-corrected chi connectivity index (χ0v) is 16.7. The zero-order chi connectivity index (χ0) is 20.2. The van der Waals surface area contributed by atoms with Crippen molar-refractivity contribution >= 4 is 29.0 Å². The lowest BCUT2D eigenvalue weighted by Gasteiger charge is -2.31. The normalized spacial score (nSPS) is 14.6. The molecule has 0 atom stereocenters. The van der Waals surface area contributed by atoms with Crippen molar-refractivity contribution in [1.82, 2.24) is 10.2 Å². The lowest BCUT2D eigenvalue weighted by Crippen LogP contribution is -2.38. The number of anilines is 2. The van der Waals surface area contributed by atoms with E-state index in [1.165, 1.54) is 0 Å². The lowest BCUT2D eigenvalue weighted by molar-refractivity contribution is -0.120. The Morgan fingerprint density at radius 3 is 2.69 bits per heavy atom. The average Bonchev–Trinajstić information content (AvgIpc) is 3.29. The number of methoxy groups -OCH3 is 1. The molecule has 0 unspecified atom stereocenters. The molecule has 0 aliphatic carbocycles. The molecule has 1 aliphatic rings. The van der Waals surface area contributed by atoms with Gasteiger partial charge >= 0.3 is 0 Å². The Morgan fingerprint density at radius 2 is 2.03 bits per heavy atom. The van der Waals surface area contributed by atoms with Crippen LogP contribution in [0.4, 0.5) is 11.5 Å². The molecule has 2 aromatic heterocycles. The van der Waals surface area contributed by atoms with E-state index in [1.54, 1.807) is 31.6 Å². The summed E-state index contributed by atoms with van der Waals surface area (Å²) in [6.07, 6.45) is 3.08. The number of piperidine rings is 1. The number of halogens is 1. The summed E-state index contributed by atoms with van der Waals surface area (Å²) in [6, 6.07) is 12.7. The van der Waals surface area contributed by atoms with Crippen LogP contribution in [0, 0.1) is 5.92 Å². The maximum absolute atomic E-state index is 12.7. The maximum Gasteiger partial charge on any atom is 0.227 e.